The summed E-state index contributed by atoms with van der Waals surface area (Å²) in [5, 5.41) is 9.80. The van der Waals surface area contributed by atoms with E-state index in [9.17, 15) is 22.8 Å². The quantitative estimate of drug-likeness (QED) is 0.567. The second-order valence-electron chi connectivity index (χ2n) is 7.97. The fraction of sp³-hybridized carbons (Fsp3) is 0.292. The van der Waals surface area contributed by atoms with Crippen LogP contribution in [0.2, 0.25) is 0 Å². The molecule has 2 heterocycles. The van der Waals surface area contributed by atoms with Crippen LogP contribution in [0.15, 0.2) is 54.6 Å². The topological polar surface area (TPSA) is 76.0 Å². The van der Waals surface area contributed by atoms with Gasteiger partial charge >= 0.3 is 0 Å². The Bertz CT molecular complexity index is 1180. The monoisotopic (exact) mass is 456 g/mol. The van der Waals surface area contributed by atoms with Gasteiger partial charge in [0.2, 0.25) is 11.8 Å². The highest BCUT2D eigenvalue weighted by Gasteiger charge is 2.30. The summed E-state index contributed by atoms with van der Waals surface area (Å²) in [6, 6.07) is 13.2. The van der Waals surface area contributed by atoms with Crippen molar-refractivity contribution in [2.45, 2.75) is 32.1 Å². The highest BCUT2D eigenvalue weighted by molar-refractivity contribution is 5.93. The van der Waals surface area contributed by atoms with E-state index >= 15 is 0 Å². The molecule has 1 aliphatic rings. The maximum atomic E-state index is 14.3. The molecule has 3 aromatic rings. The molecule has 33 heavy (non-hydrogen) atoms. The predicted octanol–water partition coefficient (Wildman–Crippen LogP) is 4.64. The number of piperidine rings is 1. The first kappa shape index (κ1) is 22.6. The summed E-state index contributed by atoms with van der Waals surface area (Å²) in [6.45, 7) is 1.64. The van der Waals surface area contributed by atoms with E-state index < -0.39 is 17.7 Å². The Morgan fingerprint density at radius 3 is 2.70 bits per heavy atom. The maximum absolute atomic E-state index is 14.3. The van der Waals surface area contributed by atoms with Crippen molar-refractivity contribution in [3.8, 4) is 16.9 Å². The van der Waals surface area contributed by atoms with Crippen LogP contribution in [0, 0.1) is 11.7 Å². The van der Waals surface area contributed by atoms with Crippen LogP contribution in [0.4, 0.5) is 19.0 Å². The first-order chi connectivity index (χ1) is 15.8. The predicted molar refractivity (Wildman–Crippen MR) is 118 cm³/mol. The van der Waals surface area contributed by atoms with Gasteiger partial charge in [0, 0.05) is 36.6 Å². The van der Waals surface area contributed by atoms with Gasteiger partial charge < -0.3 is 10.6 Å². The van der Waals surface area contributed by atoms with Crippen molar-refractivity contribution in [3.63, 3.8) is 0 Å². The molecule has 1 saturated heterocycles. The number of hydrogen-bond acceptors (Lipinski definition) is 3. The van der Waals surface area contributed by atoms with E-state index in [0.29, 0.717) is 23.4 Å². The molecule has 1 aliphatic heterocycles. The Labute approximate surface area is 188 Å². The molecule has 2 amide bonds. The van der Waals surface area contributed by atoms with Crippen molar-refractivity contribution in [1.29, 1.82) is 0 Å². The molecular formula is C24H23F3N4O2. The largest absolute Gasteiger partial charge is 0.355 e. The molecule has 1 unspecified atom stereocenters. The number of benzene rings is 2. The normalized spacial score (nSPS) is 16.4. The molecule has 9 heteroatoms. The van der Waals surface area contributed by atoms with Gasteiger partial charge in [-0.05, 0) is 30.7 Å². The van der Waals surface area contributed by atoms with Crippen LogP contribution in [-0.2, 0) is 15.5 Å². The summed E-state index contributed by atoms with van der Waals surface area (Å²) >= 11 is 0. The molecule has 1 fully saturated rings. The van der Waals surface area contributed by atoms with Crippen LogP contribution < -0.4 is 10.6 Å². The molecule has 0 bridgehead atoms. The summed E-state index contributed by atoms with van der Waals surface area (Å²) in [4.78, 5) is 24.0. The standard InChI is InChI=1S/C24H23F3N4O2/c1-2-24(26,27)17-6-3-5-15(11-17)20-13-21(29-23(33)16-9-10-22(32)28-14-16)30-31(20)19-8-4-7-18(25)12-19/h3-8,11-13,16H,2,9-10,14H2,1H3,(H,28,32)(H,29,30,33). The van der Waals surface area contributed by atoms with Gasteiger partial charge in [-0.2, -0.15) is 0 Å². The van der Waals surface area contributed by atoms with Crippen molar-refractivity contribution in [2.24, 2.45) is 5.92 Å². The Hall–Kier alpha value is -3.62. The van der Waals surface area contributed by atoms with Gasteiger partial charge in [-0.15, -0.1) is 5.10 Å². The zero-order valence-electron chi connectivity index (χ0n) is 17.9. The highest BCUT2D eigenvalue weighted by Crippen LogP contribution is 2.35. The lowest BCUT2D eigenvalue weighted by Gasteiger charge is -2.20. The average Bonchev–Trinajstić information content (AvgIpc) is 3.23. The Morgan fingerprint density at radius 2 is 2.00 bits per heavy atom. The molecule has 0 saturated carbocycles. The zero-order chi connectivity index (χ0) is 23.6. The second-order valence-corrected chi connectivity index (χ2v) is 7.97. The summed E-state index contributed by atoms with van der Waals surface area (Å²) in [5.74, 6) is -4.09. The maximum Gasteiger partial charge on any atom is 0.273 e. The van der Waals surface area contributed by atoms with Crippen LogP contribution in [0.25, 0.3) is 16.9 Å². The summed E-state index contributed by atoms with van der Waals surface area (Å²) in [5.41, 5.74) is 1.10. The van der Waals surface area contributed by atoms with Crippen molar-refractivity contribution in [1.82, 2.24) is 15.1 Å². The van der Waals surface area contributed by atoms with E-state index in [1.165, 1.54) is 48.0 Å². The van der Waals surface area contributed by atoms with Crippen molar-refractivity contribution in [2.75, 3.05) is 11.9 Å². The Kier molecular flexibility index (Phi) is 6.22. The number of rotatable bonds is 6. The molecule has 0 aliphatic carbocycles. The fourth-order valence-electron chi connectivity index (χ4n) is 3.75. The first-order valence-corrected chi connectivity index (χ1v) is 10.7. The molecule has 6 nitrogen and oxygen atoms in total. The smallest absolute Gasteiger partial charge is 0.273 e. The molecule has 2 aromatic carbocycles. The van der Waals surface area contributed by atoms with E-state index in [2.05, 4.69) is 15.7 Å². The first-order valence-electron chi connectivity index (χ1n) is 10.7. The number of hydrogen-bond donors (Lipinski definition) is 2. The number of halogens is 3. The minimum atomic E-state index is -3.00. The van der Waals surface area contributed by atoms with Crippen molar-refractivity contribution >= 4 is 17.6 Å². The molecular weight excluding hydrogens is 433 g/mol. The summed E-state index contributed by atoms with van der Waals surface area (Å²) < 4.78 is 43.9. The minimum absolute atomic E-state index is 0.0968. The number of nitrogens with one attached hydrogen (secondary N) is 2. The number of carbonyl (C=O) groups is 2. The van der Waals surface area contributed by atoms with Gasteiger partial charge in [0.15, 0.2) is 5.82 Å². The lowest BCUT2D eigenvalue weighted by atomic mass is 9.98. The van der Waals surface area contributed by atoms with E-state index in [-0.39, 0.29) is 42.6 Å². The zero-order valence-corrected chi connectivity index (χ0v) is 17.9. The number of alkyl halides is 2. The lowest BCUT2D eigenvalue weighted by Crippen LogP contribution is -2.40. The van der Waals surface area contributed by atoms with Gasteiger partial charge in [-0.1, -0.05) is 31.2 Å². The number of aromatic nitrogens is 2. The minimum Gasteiger partial charge on any atom is -0.355 e. The molecule has 1 aromatic heterocycles. The lowest BCUT2D eigenvalue weighted by molar-refractivity contribution is -0.126. The van der Waals surface area contributed by atoms with Gasteiger partial charge in [-0.3, -0.25) is 9.59 Å². The SMILES string of the molecule is CCC(F)(F)c1cccc(-c2cc(NC(=O)C3CCC(=O)NC3)nn2-c2cccc(F)c2)c1. The van der Waals surface area contributed by atoms with E-state index in [0.717, 1.165) is 0 Å². The third kappa shape index (κ3) is 4.92. The fourth-order valence-corrected chi connectivity index (χ4v) is 3.75. The van der Waals surface area contributed by atoms with Crippen LogP contribution in [0.1, 0.15) is 31.7 Å². The summed E-state index contributed by atoms with van der Waals surface area (Å²) in [6.07, 6.45) is 0.335. The van der Waals surface area contributed by atoms with Gasteiger partial charge in [0.05, 0.1) is 17.3 Å². The van der Waals surface area contributed by atoms with Gasteiger partial charge in [-0.25, -0.2) is 17.9 Å². The molecule has 4 rings (SSSR count). The molecule has 0 spiro atoms. The van der Waals surface area contributed by atoms with E-state index in [1.807, 2.05) is 0 Å². The molecule has 2 N–H and O–H groups in total. The van der Waals surface area contributed by atoms with Gasteiger partial charge in [0.1, 0.15) is 5.82 Å². The van der Waals surface area contributed by atoms with Crippen LogP contribution in [-0.4, -0.2) is 28.1 Å². The van der Waals surface area contributed by atoms with Crippen LogP contribution in [0.3, 0.4) is 0 Å². The molecule has 1 atom stereocenters. The van der Waals surface area contributed by atoms with E-state index in [1.54, 1.807) is 18.2 Å². The van der Waals surface area contributed by atoms with Crippen LogP contribution >= 0.6 is 0 Å². The Balaban J connectivity index is 1.72. The van der Waals surface area contributed by atoms with Crippen molar-refractivity contribution < 1.29 is 22.8 Å². The second kappa shape index (κ2) is 9.09. The van der Waals surface area contributed by atoms with Crippen LogP contribution in [0.5, 0.6) is 0 Å². The number of nitrogens with zero attached hydrogens (tertiary/aromatic N) is 2. The molecule has 172 valence electrons. The third-order valence-corrected chi connectivity index (χ3v) is 5.67. The van der Waals surface area contributed by atoms with Crippen molar-refractivity contribution in [3.05, 3.63) is 66.0 Å². The molecule has 0 radical (unpaired) electrons. The third-order valence-electron chi connectivity index (χ3n) is 5.67. The number of anilines is 1. The Morgan fingerprint density at radius 1 is 1.21 bits per heavy atom. The average molecular weight is 456 g/mol. The van der Waals surface area contributed by atoms with E-state index in [4.69, 9.17) is 0 Å². The summed E-state index contributed by atoms with van der Waals surface area (Å²) in [7, 11) is 0. The number of amides is 2. The highest BCUT2D eigenvalue weighted by atomic mass is 19.3. The number of carbonyl (C=O) groups excluding carboxylic acids is 2. The van der Waals surface area contributed by atoms with Gasteiger partial charge in [0.25, 0.3) is 5.92 Å².